The highest BCUT2D eigenvalue weighted by molar-refractivity contribution is 5.19. The summed E-state index contributed by atoms with van der Waals surface area (Å²) in [6.07, 6.45) is 8.35. The molecule has 1 aliphatic carbocycles. The fourth-order valence-corrected chi connectivity index (χ4v) is 2.84. The minimum absolute atomic E-state index is 0.205. The van der Waals surface area contributed by atoms with E-state index in [9.17, 15) is 5.11 Å². The lowest BCUT2D eigenvalue weighted by molar-refractivity contribution is 0.114. The van der Waals surface area contributed by atoms with E-state index in [0.29, 0.717) is 5.92 Å². The lowest BCUT2D eigenvalue weighted by atomic mass is 9.64. The molecular weight excluding hydrogens is 212 g/mol. The number of rotatable bonds is 3. The van der Waals surface area contributed by atoms with Crippen molar-refractivity contribution in [2.75, 3.05) is 0 Å². The van der Waals surface area contributed by atoms with Gasteiger partial charge < -0.3 is 9.52 Å². The summed E-state index contributed by atoms with van der Waals surface area (Å²) in [6.45, 7) is 6.71. The third kappa shape index (κ3) is 2.47. The van der Waals surface area contributed by atoms with Gasteiger partial charge in [0, 0.05) is 0 Å². The van der Waals surface area contributed by atoms with E-state index >= 15 is 0 Å². The molecule has 1 heterocycles. The number of aryl methyl sites for hydroxylation is 1. The molecule has 0 aromatic carbocycles. The van der Waals surface area contributed by atoms with Gasteiger partial charge in [-0.05, 0) is 49.1 Å². The van der Waals surface area contributed by atoms with Crippen LogP contribution in [0.5, 0.6) is 0 Å². The van der Waals surface area contributed by atoms with Crippen molar-refractivity contribution in [2.45, 2.75) is 46.1 Å². The Kier molecular flexibility index (Phi) is 3.43. The van der Waals surface area contributed by atoms with Crippen molar-refractivity contribution in [3.63, 3.8) is 0 Å². The summed E-state index contributed by atoms with van der Waals surface area (Å²) >= 11 is 0. The molecule has 0 saturated heterocycles. The Morgan fingerprint density at radius 1 is 1.53 bits per heavy atom. The SMILES string of the molecule is CC1=C[C@@H](O)C[C@@H](C)[C@]1(C)CCc1ccoc1. The van der Waals surface area contributed by atoms with E-state index in [2.05, 4.69) is 20.8 Å². The number of allylic oxidation sites excluding steroid dienone is 1. The normalized spacial score (nSPS) is 33.5. The number of furan rings is 1. The maximum absolute atomic E-state index is 9.74. The predicted octanol–water partition coefficient (Wildman–Crippen LogP) is 3.57. The van der Waals surface area contributed by atoms with Crippen molar-refractivity contribution in [3.8, 4) is 0 Å². The summed E-state index contributed by atoms with van der Waals surface area (Å²) in [4.78, 5) is 0. The minimum Gasteiger partial charge on any atom is -0.472 e. The van der Waals surface area contributed by atoms with Gasteiger partial charge in [0.15, 0.2) is 0 Å². The number of aliphatic hydroxyl groups excluding tert-OH is 1. The molecule has 1 aliphatic rings. The van der Waals surface area contributed by atoms with Crippen LogP contribution in [0.15, 0.2) is 34.7 Å². The van der Waals surface area contributed by atoms with Crippen molar-refractivity contribution in [1.82, 2.24) is 0 Å². The zero-order valence-corrected chi connectivity index (χ0v) is 10.9. The lowest BCUT2D eigenvalue weighted by Gasteiger charge is -2.41. The van der Waals surface area contributed by atoms with Crippen LogP contribution in [0, 0.1) is 11.3 Å². The van der Waals surface area contributed by atoms with Crippen LogP contribution in [0.2, 0.25) is 0 Å². The van der Waals surface area contributed by atoms with Crippen molar-refractivity contribution in [1.29, 1.82) is 0 Å². The third-order valence-electron chi connectivity index (χ3n) is 4.54. The van der Waals surface area contributed by atoms with Gasteiger partial charge in [-0.1, -0.05) is 25.5 Å². The van der Waals surface area contributed by atoms with Gasteiger partial charge in [0.1, 0.15) is 0 Å². The molecule has 1 aromatic heterocycles. The van der Waals surface area contributed by atoms with E-state index in [4.69, 9.17) is 4.42 Å². The molecule has 0 unspecified atom stereocenters. The van der Waals surface area contributed by atoms with Crippen LogP contribution in [-0.2, 0) is 6.42 Å². The summed E-state index contributed by atoms with van der Waals surface area (Å²) in [5.41, 5.74) is 2.79. The smallest absolute Gasteiger partial charge is 0.0934 e. The van der Waals surface area contributed by atoms with E-state index in [1.165, 1.54) is 11.1 Å². The Balaban J connectivity index is 2.09. The fraction of sp³-hybridized carbons (Fsp3) is 0.600. The van der Waals surface area contributed by atoms with Gasteiger partial charge in [-0.15, -0.1) is 0 Å². The third-order valence-corrected chi connectivity index (χ3v) is 4.54. The summed E-state index contributed by atoms with van der Waals surface area (Å²) in [5, 5.41) is 9.74. The molecule has 3 atom stereocenters. The van der Waals surface area contributed by atoms with Gasteiger partial charge in [-0.3, -0.25) is 0 Å². The Bertz CT molecular complexity index is 391. The van der Waals surface area contributed by atoms with Crippen molar-refractivity contribution in [2.24, 2.45) is 11.3 Å². The molecule has 0 aliphatic heterocycles. The highest BCUT2D eigenvalue weighted by Gasteiger charge is 2.36. The molecule has 94 valence electrons. The molecular formula is C15H22O2. The first-order valence-electron chi connectivity index (χ1n) is 6.40. The average Bonchev–Trinajstić information content (AvgIpc) is 2.76. The average molecular weight is 234 g/mol. The van der Waals surface area contributed by atoms with Crippen LogP contribution in [0.4, 0.5) is 0 Å². The highest BCUT2D eigenvalue weighted by Crippen LogP contribution is 2.45. The Hall–Kier alpha value is -1.02. The second-order valence-corrected chi connectivity index (χ2v) is 5.60. The van der Waals surface area contributed by atoms with Crippen molar-refractivity contribution < 1.29 is 9.52 Å². The van der Waals surface area contributed by atoms with Crippen LogP contribution >= 0.6 is 0 Å². The van der Waals surface area contributed by atoms with E-state index < -0.39 is 0 Å². The zero-order chi connectivity index (χ0) is 12.5. The largest absolute Gasteiger partial charge is 0.472 e. The Morgan fingerprint density at radius 2 is 2.29 bits per heavy atom. The summed E-state index contributed by atoms with van der Waals surface area (Å²) < 4.78 is 5.10. The summed E-state index contributed by atoms with van der Waals surface area (Å²) in [7, 11) is 0. The van der Waals surface area contributed by atoms with E-state index in [0.717, 1.165) is 19.3 Å². The van der Waals surface area contributed by atoms with Crippen LogP contribution in [0.1, 0.15) is 39.2 Å². The molecule has 2 heteroatoms. The summed E-state index contributed by atoms with van der Waals surface area (Å²) in [5.74, 6) is 0.523. The van der Waals surface area contributed by atoms with Crippen molar-refractivity contribution >= 4 is 0 Å². The minimum atomic E-state index is -0.257. The first-order chi connectivity index (χ1) is 8.02. The zero-order valence-electron chi connectivity index (χ0n) is 10.9. The number of aliphatic hydroxyl groups is 1. The van der Waals surface area contributed by atoms with Crippen LogP contribution < -0.4 is 0 Å². The van der Waals surface area contributed by atoms with Gasteiger partial charge in [0.05, 0.1) is 18.6 Å². The Morgan fingerprint density at radius 3 is 2.88 bits per heavy atom. The molecule has 2 rings (SSSR count). The topological polar surface area (TPSA) is 33.4 Å². The maximum atomic E-state index is 9.74. The molecule has 0 saturated carbocycles. The first-order valence-corrected chi connectivity index (χ1v) is 6.40. The molecule has 0 radical (unpaired) electrons. The molecule has 1 N–H and O–H groups in total. The second-order valence-electron chi connectivity index (χ2n) is 5.60. The van der Waals surface area contributed by atoms with Crippen LogP contribution in [-0.4, -0.2) is 11.2 Å². The maximum Gasteiger partial charge on any atom is 0.0934 e. The monoisotopic (exact) mass is 234 g/mol. The lowest BCUT2D eigenvalue weighted by Crippen LogP contribution is -2.34. The Labute approximate surface area is 103 Å². The summed E-state index contributed by atoms with van der Waals surface area (Å²) in [6, 6.07) is 2.03. The van der Waals surface area contributed by atoms with E-state index in [1.807, 2.05) is 18.4 Å². The van der Waals surface area contributed by atoms with Gasteiger partial charge in [-0.25, -0.2) is 0 Å². The molecule has 2 nitrogen and oxygen atoms in total. The fourth-order valence-electron chi connectivity index (χ4n) is 2.84. The van der Waals surface area contributed by atoms with Gasteiger partial charge in [0.25, 0.3) is 0 Å². The molecule has 1 aromatic rings. The molecule has 0 amide bonds. The standard InChI is InChI=1S/C15H22O2/c1-11-8-14(16)9-12(2)15(11,3)6-4-13-5-7-17-10-13/h5,7-8,10,12,14,16H,4,6,9H2,1-3H3/t12-,14-,15-/m1/s1. The predicted molar refractivity (Wildman–Crippen MR) is 68.7 cm³/mol. The number of hydrogen-bond donors (Lipinski definition) is 1. The molecule has 0 fully saturated rings. The van der Waals surface area contributed by atoms with Gasteiger partial charge in [-0.2, -0.15) is 0 Å². The first kappa shape index (κ1) is 12.4. The highest BCUT2D eigenvalue weighted by atomic mass is 16.3. The van der Waals surface area contributed by atoms with E-state index in [-0.39, 0.29) is 11.5 Å². The quantitative estimate of drug-likeness (QED) is 0.811. The van der Waals surface area contributed by atoms with Gasteiger partial charge in [0.2, 0.25) is 0 Å². The van der Waals surface area contributed by atoms with Gasteiger partial charge >= 0.3 is 0 Å². The van der Waals surface area contributed by atoms with Crippen LogP contribution in [0.3, 0.4) is 0 Å². The number of hydrogen-bond acceptors (Lipinski definition) is 2. The molecule has 17 heavy (non-hydrogen) atoms. The molecule has 0 bridgehead atoms. The second kappa shape index (κ2) is 4.69. The van der Waals surface area contributed by atoms with Crippen LogP contribution in [0.25, 0.3) is 0 Å². The van der Waals surface area contributed by atoms with E-state index in [1.54, 1.807) is 6.26 Å². The van der Waals surface area contributed by atoms with Crippen molar-refractivity contribution in [3.05, 3.63) is 35.8 Å². The molecule has 0 spiro atoms.